The van der Waals surface area contributed by atoms with E-state index in [-0.39, 0.29) is 5.75 Å². The van der Waals surface area contributed by atoms with E-state index in [1.54, 1.807) is 0 Å². The van der Waals surface area contributed by atoms with E-state index in [9.17, 15) is 14.4 Å². The van der Waals surface area contributed by atoms with Crippen molar-refractivity contribution in [1.82, 2.24) is 5.32 Å². The molecule has 0 radical (unpaired) electrons. The second-order valence-corrected chi connectivity index (χ2v) is 6.15. The third kappa shape index (κ3) is 5.99. The average Bonchev–Trinajstić information content (AvgIpc) is 2.47. The van der Waals surface area contributed by atoms with E-state index in [0.717, 1.165) is 21.6 Å². The number of esters is 2. The van der Waals surface area contributed by atoms with Crippen molar-refractivity contribution in [3.63, 3.8) is 0 Å². The number of nitrogens with two attached hydrogens (primary N) is 2. The summed E-state index contributed by atoms with van der Waals surface area (Å²) in [6, 6.07) is -1.91. The maximum Gasteiger partial charge on any atom is 0.324 e. The van der Waals surface area contributed by atoms with Gasteiger partial charge in [0.25, 0.3) is 0 Å². The van der Waals surface area contributed by atoms with Gasteiger partial charge in [-0.1, -0.05) is 21.6 Å². The minimum atomic E-state index is -1.10. The Labute approximate surface area is 125 Å². The largest absolute Gasteiger partial charge is 0.468 e. The number of carbonyl (C=O) groups excluding carboxylic acids is 3. The van der Waals surface area contributed by atoms with E-state index in [0.29, 0.717) is 0 Å². The summed E-state index contributed by atoms with van der Waals surface area (Å²) in [5.74, 6) is -1.43. The fourth-order valence-electron chi connectivity index (χ4n) is 1.07. The zero-order valence-corrected chi connectivity index (χ0v) is 13.1. The molecule has 10 heteroatoms. The highest BCUT2D eigenvalue weighted by molar-refractivity contribution is 8.77. The van der Waals surface area contributed by atoms with Crippen molar-refractivity contribution in [3.05, 3.63) is 0 Å². The summed E-state index contributed by atoms with van der Waals surface area (Å²) < 4.78 is 8.98. The van der Waals surface area contributed by atoms with Gasteiger partial charge in [-0.05, 0) is 0 Å². The topological polar surface area (TPSA) is 134 Å². The summed E-state index contributed by atoms with van der Waals surface area (Å²) in [6.45, 7) is 0. The first-order chi connectivity index (χ1) is 9.38. The Morgan fingerprint density at radius 3 is 2.15 bits per heavy atom. The van der Waals surface area contributed by atoms with Gasteiger partial charge in [0.15, 0.2) is 0 Å². The highest BCUT2D eigenvalue weighted by atomic mass is 33.1. The summed E-state index contributed by atoms with van der Waals surface area (Å²) >= 11 is 0. The first-order valence-electron chi connectivity index (χ1n) is 5.55. The van der Waals surface area contributed by atoms with E-state index < -0.39 is 35.2 Å². The molecule has 3 atom stereocenters. The lowest BCUT2D eigenvalue weighted by Gasteiger charge is -2.19. The van der Waals surface area contributed by atoms with Crippen molar-refractivity contribution < 1.29 is 23.9 Å². The molecule has 0 bridgehead atoms. The summed E-state index contributed by atoms with van der Waals surface area (Å²) in [4.78, 5) is 34.2. The summed E-state index contributed by atoms with van der Waals surface area (Å²) in [6.07, 6.45) is 0. The van der Waals surface area contributed by atoms with Crippen molar-refractivity contribution in [2.45, 2.75) is 17.3 Å². The van der Waals surface area contributed by atoms with E-state index in [1.165, 1.54) is 21.3 Å². The van der Waals surface area contributed by atoms with Gasteiger partial charge in [0.05, 0.1) is 14.2 Å². The smallest absolute Gasteiger partial charge is 0.324 e. The number of methoxy groups -OCH3 is 2. The van der Waals surface area contributed by atoms with Gasteiger partial charge in [-0.3, -0.25) is 14.4 Å². The Hall–Kier alpha value is -0.970. The van der Waals surface area contributed by atoms with Crippen LogP contribution in [0.1, 0.15) is 0 Å². The summed E-state index contributed by atoms with van der Waals surface area (Å²) in [7, 11) is 6.07. The Morgan fingerprint density at radius 1 is 1.15 bits per heavy atom. The van der Waals surface area contributed by atoms with Gasteiger partial charge >= 0.3 is 11.9 Å². The van der Waals surface area contributed by atoms with E-state index in [1.807, 2.05) is 0 Å². The molecule has 0 saturated heterocycles. The summed E-state index contributed by atoms with van der Waals surface area (Å²) in [5, 5.41) is 1.57. The lowest BCUT2D eigenvalue weighted by Crippen LogP contribution is -2.48. The Morgan fingerprint density at radius 2 is 1.70 bits per heavy atom. The van der Waals surface area contributed by atoms with Crippen LogP contribution in [0.3, 0.4) is 0 Å². The molecule has 116 valence electrons. The number of hydrogen-bond acceptors (Lipinski definition) is 9. The van der Waals surface area contributed by atoms with Crippen molar-refractivity contribution in [2.75, 3.05) is 27.0 Å². The van der Waals surface area contributed by atoms with Gasteiger partial charge < -0.3 is 26.3 Å². The Balaban J connectivity index is 4.49. The number of rotatable bonds is 8. The quantitative estimate of drug-likeness (QED) is 0.359. The number of hydrogen-bond donors (Lipinski definition) is 3. The van der Waals surface area contributed by atoms with Crippen LogP contribution in [-0.4, -0.2) is 62.2 Å². The third-order valence-electron chi connectivity index (χ3n) is 2.23. The van der Waals surface area contributed by atoms with Gasteiger partial charge in [0.1, 0.15) is 17.3 Å². The highest BCUT2D eigenvalue weighted by Crippen LogP contribution is 2.29. The zero-order valence-electron chi connectivity index (χ0n) is 11.5. The van der Waals surface area contributed by atoms with Crippen LogP contribution >= 0.6 is 21.6 Å². The fourth-order valence-corrected chi connectivity index (χ4v) is 3.75. The third-order valence-corrected chi connectivity index (χ3v) is 5.01. The molecule has 0 aromatic heterocycles. The van der Waals surface area contributed by atoms with Gasteiger partial charge in [-0.2, -0.15) is 0 Å². The van der Waals surface area contributed by atoms with E-state index >= 15 is 0 Å². The molecule has 5 N–H and O–H groups in total. The number of ether oxygens (including phenoxy) is 2. The molecule has 0 rings (SSSR count). The van der Waals surface area contributed by atoms with Crippen LogP contribution in [-0.2, 0) is 23.9 Å². The Kier molecular flexibility index (Phi) is 9.38. The molecule has 0 spiro atoms. The van der Waals surface area contributed by atoms with Gasteiger partial charge in [0.2, 0.25) is 5.91 Å². The molecular weight excluding hydrogens is 306 g/mol. The molecular formula is C10H19N3O5S2. The van der Waals surface area contributed by atoms with Crippen LogP contribution in [0.15, 0.2) is 0 Å². The molecule has 8 nitrogen and oxygen atoms in total. The zero-order chi connectivity index (χ0) is 15.7. The minimum absolute atomic E-state index is 0.221. The minimum Gasteiger partial charge on any atom is -0.468 e. The first kappa shape index (κ1) is 19.0. The molecule has 0 saturated carbocycles. The standard InChI is InChI=1S/C10H19N3O5S2/c1-13-8(14)7(6(12)10(16)18-3)20-19-4-5(11)9(15)17-2/h5-7H,4,11-12H2,1-3H3,(H,13,14)/t5-,6-,7?/m0/s1. The molecule has 0 aromatic carbocycles. The first-order valence-corrected chi connectivity index (χ1v) is 7.93. The van der Waals surface area contributed by atoms with Crippen LogP contribution in [0.5, 0.6) is 0 Å². The van der Waals surface area contributed by atoms with Gasteiger partial charge in [0, 0.05) is 12.8 Å². The maximum absolute atomic E-state index is 11.7. The second-order valence-electron chi connectivity index (χ2n) is 3.59. The van der Waals surface area contributed by atoms with Crippen LogP contribution in [0.4, 0.5) is 0 Å². The van der Waals surface area contributed by atoms with Crippen LogP contribution in [0.25, 0.3) is 0 Å². The van der Waals surface area contributed by atoms with Crippen LogP contribution < -0.4 is 16.8 Å². The number of carbonyl (C=O) groups is 3. The normalized spacial score (nSPS) is 14.8. The molecule has 0 aliphatic rings. The van der Waals surface area contributed by atoms with Crippen molar-refractivity contribution in [3.8, 4) is 0 Å². The molecule has 1 amide bonds. The monoisotopic (exact) mass is 325 g/mol. The molecule has 0 aliphatic carbocycles. The van der Waals surface area contributed by atoms with Gasteiger partial charge in [-0.25, -0.2) is 0 Å². The second kappa shape index (κ2) is 9.86. The van der Waals surface area contributed by atoms with Gasteiger partial charge in [-0.15, -0.1) is 0 Å². The van der Waals surface area contributed by atoms with E-state index in [2.05, 4.69) is 14.8 Å². The lowest BCUT2D eigenvalue weighted by atomic mass is 10.2. The average molecular weight is 325 g/mol. The molecule has 0 aliphatic heterocycles. The van der Waals surface area contributed by atoms with E-state index in [4.69, 9.17) is 11.5 Å². The van der Waals surface area contributed by atoms with Crippen molar-refractivity contribution in [1.29, 1.82) is 0 Å². The fraction of sp³-hybridized carbons (Fsp3) is 0.700. The molecule has 0 fully saturated rings. The van der Waals surface area contributed by atoms with Crippen molar-refractivity contribution >= 4 is 39.4 Å². The molecule has 1 unspecified atom stereocenters. The Bertz CT molecular complexity index is 356. The SMILES string of the molecule is CNC(=O)C(SSC[C@H](N)C(=O)OC)[C@H](N)C(=O)OC. The lowest BCUT2D eigenvalue weighted by molar-refractivity contribution is -0.143. The highest BCUT2D eigenvalue weighted by Gasteiger charge is 2.32. The van der Waals surface area contributed by atoms with Crippen molar-refractivity contribution in [2.24, 2.45) is 11.5 Å². The molecule has 0 aromatic rings. The van der Waals surface area contributed by atoms with Crippen LogP contribution in [0, 0.1) is 0 Å². The summed E-state index contributed by atoms with van der Waals surface area (Å²) in [5.41, 5.74) is 11.2. The number of nitrogens with one attached hydrogen (secondary N) is 1. The molecule has 0 heterocycles. The maximum atomic E-state index is 11.7. The predicted octanol–water partition coefficient (Wildman–Crippen LogP) is -1.52. The molecule has 20 heavy (non-hydrogen) atoms. The predicted molar refractivity (Wildman–Crippen MR) is 77.9 cm³/mol. The number of amides is 1. The van der Waals surface area contributed by atoms with Crippen LogP contribution in [0.2, 0.25) is 0 Å².